The lowest BCUT2D eigenvalue weighted by Crippen LogP contribution is -2.00. The highest BCUT2D eigenvalue weighted by molar-refractivity contribution is 6.14. The molecule has 7 aromatic carbocycles. The Hall–Kier alpha value is -7.37. The fourth-order valence-corrected chi connectivity index (χ4v) is 8.22. The van der Waals surface area contributed by atoms with Crippen LogP contribution >= 0.6 is 0 Å². The van der Waals surface area contributed by atoms with Gasteiger partial charge in [0.15, 0.2) is 17.5 Å². The van der Waals surface area contributed by atoms with Crippen LogP contribution in [0.25, 0.3) is 100 Å². The molecule has 0 N–H and O–H groups in total. The Morgan fingerprint density at radius 2 is 1.14 bits per heavy atom. The van der Waals surface area contributed by atoms with E-state index >= 15 is 0 Å². The Balaban J connectivity index is 1.10. The van der Waals surface area contributed by atoms with Gasteiger partial charge in [0.2, 0.25) is 0 Å². The molecular weight excluding hydrogens is 685 g/mol. The van der Waals surface area contributed by atoms with Gasteiger partial charge in [-0.25, -0.2) is 15.0 Å². The normalized spacial score (nSPS) is 12.9. The van der Waals surface area contributed by atoms with Gasteiger partial charge in [0.1, 0.15) is 11.2 Å². The Morgan fingerprint density at radius 3 is 1.86 bits per heavy atom. The van der Waals surface area contributed by atoms with Crippen LogP contribution in [0.3, 0.4) is 0 Å². The van der Waals surface area contributed by atoms with E-state index in [0.717, 1.165) is 68.2 Å². The van der Waals surface area contributed by atoms with Gasteiger partial charge in [-0.3, -0.25) is 0 Å². The Morgan fingerprint density at radius 1 is 0.464 bits per heavy atom. The largest absolute Gasteiger partial charge is 0.456 e. The van der Waals surface area contributed by atoms with Crippen LogP contribution in [0.15, 0.2) is 186 Å². The summed E-state index contributed by atoms with van der Waals surface area (Å²) in [4.78, 5) is 15.0. The molecule has 0 radical (unpaired) electrons. The Kier molecular flexibility index (Phi) is 7.56. The third-order valence-corrected chi connectivity index (χ3v) is 10.9. The van der Waals surface area contributed by atoms with Crippen molar-refractivity contribution in [2.45, 2.75) is 12.8 Å². The average molecular weight is 719 g/mol. The van der Waals surface area contributed by atoms with Gasteiger partial charge in [0.25, 0.3) is 0 Å². The molecule has 1 aliphatic rings. The van der Waals surface area contributed by atoms with Crippen molar-refractivity contribution >= 4 is 49.3 Å². The summed E-state index contributed by atoms with van der Waals surface area (Å²) in [6, 6.07) is 57.2. The van der Waals surface area contributed by atoms with Crippen molar-refractivity contribution in [2.75, 3.05) is 0 Å². The second kappa shape index (κ2) is 13.2. The first kappa shape index (κ1) is 32.1. The number of hydrogen-bond donors (Lipinski definition) is 0. The van der Waals surface area contributed by atoms with Gasteiger partial charge >= 0.3 is 0 Å². The van der Waals surface area contributed by atoms with Crippen molar-refractivity contribution in [3.63, 3.8) is 0 Å². The molecule has 0 unspecified atom stereocenters. The predicted octanol–water partition coefficient (Wildman–Crippen LogP) is 13.3. The van der Waals surface area contributed by atoms with Crippen molar-refractivity contribution in [1.29, 1.82) is 0 Å². The van der Waals surface area contributed by atoms with E-state index in [-0.39, 0.29) is 0 Å². The van der Waals surface area contributed by atoms with Gasteiger partial charge in [-0.15, -0.1) is 0 Å². The molecule has 3 aromatic heterocycles. The van der Waals surface area contributed by atoms with E-state index in [1.807, 2.05) is 72.8 Å². The van der Waals surface area contributed by atoms with Gasteiger partial charge in [-0.2, -0.15) is 0 Å². The van der Waals surface area contributed by atoms with Gasteiger partial charge in [0.05, 0.1) is 11.0 Å². The molecule has 0 bridgehead atoms. The van der Waals surface area contributed by atoms with Crippen LogP contribution < -0.4 is 0 Å². The highest BCUT2D eigenvalue weighted by Crippen LogP contribution is 2.41. The van der Waals surface area contributed by atoms with Gasteiger partial charge in [-0.05, 0) is 71.5 Å². The number of nitrogens with zero attached hydrogens (tertiary/aromatic N) is 4. The van der Waals surface area contributed by atoms with Gasteiger partial charge in [0, 0.05) is 50.0 Å². The number of rotatable bonds is 6. The maximum absolute atomic E-state index is 6.70. The van der Waals surface area contributed by atoms with Crippen LogP contribution in [-0.4, -0.2) is 19.5 Å². The molecule has 3 heterocycles. The molecule has 10 aromatic rings. The number of benzene rings is 7. The second-order valence-corrected chi connectivity index (χ2v) is 14.3. The maximum atomic E-state index is 6.70. The summed E-state index contributed by atoms with van der Waals surface area (Å²) in [7, 11) is 0. The van der Waals surface area contributed by atoms with E-state index in [9.17, 15) is 0 Å². The molecule has 11 rings (SSSR count). The monoisotopic (exact) mass is 718 g/mol. The van der Waals surface area contributed by atoms with E-state index in [0.29, 0.717) is 17.5 Å². The van der Waals surface area contributed by atoms with Gasteiger partial charge in [-0.1, -0.05) is 140 Å². The minimum absolute atomic E-state index is 0.602. The van der Waals surface area contributed by atoms with Crippen LogP contribution in [0.4, 0.5) is 0 Å². The summed E-state index contributed by atoms with van der Waals surface area (Å²) in [6.07, 6.45) is 8.79. The molecule has 0 atom stereocenters. The van der Waals surface area contributed by atoms with Gasteiger partial charge < -0.3 is 8.98 Å². The molecule has 264 valence electrons. The van der Waals surface area contributed by atoms with Crippen molar-refractivity contribution in [2.24, 2.45) is 0 Å². The number of hydrogen-bond acceptors (Lipinski definition) is 4. The highest BCUT2D eigenvalue weighted by atomic mass is 16.3. The van der Waals surface area contributed by atoms with E-state index in [1.165, 1.54) is 33.0 Å². The fraction of sp³-hybridized carbons (Fsp3) is 0.0392. The third kappa shape index (κ3) is 5.44. The molecule has 0 aliphatic heterocycles. The summed E-state index contributed by atoms with van der Waals surface area (Å²) in [6.45, 7) is 0. The first-order valence-electron chi connectivity index (χ1n) is 19.1. The van der Waals surface area contributed by atoms with E-state index < -0.39 is 0 Å². The quantitative estimate of drug-likeness (QED) is 0.172. The molecule has 0 fully saturated rings. The minimum Gasteiger partial charge on any atom is -0.456 e. The van der Waals surface area contributed by atoms with Crippen molar-refractivity contribution in [1.82, 2.24) is 19.5 Å². The maximum Gasteiger partial charge on any atom is 0.164 e. The van der Waals surface area contributed by atoms with Crippen LogP contribution in [-0.2, 0) is 0 Å². The van der Waals surface area contributed by atoms with Crippen LogP contribution in [0, 0.1) is 0 Å². The summed E-state index contributed by atoms with van der Waals surface area (Å²) in [5.74, 6) is 1.86. The van der Waals surface area contributed by atoms with Crippen LogP contribution in [0.2, 0.25) is 0 Å². The molecule has 1 aliphatic carbocycles. The fourth-order valence-electron chi connectivity index (χ4n) is 8.22. The van der Waals surface area contributed by atoms with E-state index in [4.69, 9.17) is 19.4 Å². The number of furan rings is 1. The first-order chi connectivity index (χ1) is 27.7. The zero-order valence-corrected chi connectivity index (χ0v) is 30.4. The average Bonchev–Trinajstić information content (AvgIpc) is 3.82. The summed E-state index contributed by atoms with van der Waals surface area (Å²) in [5, 5.41) is 4.44. The van der Waals surface area contributed by atoms with E-state index in [2.05, 4.69) is 114 Å². The molecule has 5 heteroatoms. The lowest BCUT2D eigenvalue weighted by atomic mass is 9.96. The summed E-state index contributed by atoms with van der Waals surface area (Å²) >= 11 is 0. The molecule has 5 nitrogen and oxygen atoms in total. The zero-order chi connectivity index (χ0) is 37.0. The Labute approximate surface area is 323 Å². The smallest absolute Gasteiger partial charge is 0.164 e. The van der Waals surface area contributed by atoms with Crippen LogP contribution in [0.5, 0.6) is 0 Å². The van der Waals surface area contributed by atoms with Crippen molar-refractivity contribution < 1.29 is 4.42 Å². The summed E-state index contributed by atoms with van der Waals surface area (Å²) < 4.78 is 9.08. The molecule has 0 spiro atoms. The number of aromatic nitrogens is 4. The summed E-state index contributed by atoms with van der Waals surface area (Å²) in [5.41, 5.74) is 12.7. The number of allylic oxidation sites excluding steroid dienone is 4. The predicted molar refractivity (Wildman–Crippen MR) is 230 cm³/mol. The van der Waals surface area contributed by atoms with E-state index in [1.54, 1.807) is 0 Å². The molecule has 56 heavy (non-hydrogen) atoms. The lowest BCUT2D eigenvalue weighted by molar-refractivity contribution is 0.668. The second-order valence-electron chi connectivity index (χ2n) is 14.3. The molecular formula is C51H34N4O. The molecule has 0 saturated carbocycles. The Bertz CT molecular complexity index is 3120. The lowest BCUT2D eigenvalue weighted by Gasteiger charge is -2.11. The number of fused-ring (bicyclic) bond motifs is 6. The van der Waals surface area contributed by atoms with Crippen molar-refractivity contribution in [3.05, 3.63) is 188 Å². The molecule has 0 amide bonds. The zero-order valence-electron chi connectivity index (χ0n) is 30.4. The van der Waals surface area contributed by atoms with Crippen LogP contribution in [0.1, 0.15) is 18.4 Å². The topological polar surface area (TPSA) is 56.7 Å². The SMILES string of the molecule is C1=CCCC(c2ccc3c(c2)c2ccc(-c4ccccc4)cc2n3-c2ccc3c(c2)oc2cccc(-c4nc(-c5ccccc5)nc(-c5ccccc5)n4)c23)=C1. The third-order valence-electron chi connectivity index (χ3n) is 10.9. The minimum atomic E-state index is 0.602. The standard InChI is InChI=1S/C51H34N4O/c1-5-14-33(15-6-1)37-25-29-44-43(30-37)40-27-24-38(34-16-7-2-8-17-34)31-45(40)55(44)39-26-28-41-47(32-39)56-46-23-13-22-42(48(41)46)51-53-49(35-18-9-3-10-19-35)52-50(54-51)36-20-11-4-12-21-36/h1-5,7-14,16-32H,6,15H2. The highest BCUT2D eigenvalue weighted by Gasteiger charge is 2.20. The van der Waals surface area contributed by atoms with Crippen molar-refractivity contribution in [3.8, 4) is 51.0 Å². The molecule has 0 saturated heterocycles. The first-order valence-corrected chi connectivity index (χ1v) is 19.1.